The van der Waals surface area contributed by atoms with Crippen LogP contribution in [0.4, 0.5) is 0 Å². The Hall–Kier alpha value is -2.80. The molecule has 0 radical (unpaired) electrons. The molecule has 0 bridgehead atoms. The molecule has 126 valence electrons. The Morgan fingerprint density at radius 2 is 1.58 bits per heavy atom. The van der Waals surface area contributed by atoms with Crippen LogP contribution in [0.15, 0.2) is 30.3 Å². The number of hydrogen-bond donors (Lipinski definition) is 1. The van der Waals surface area contributed by atoms with E-state index >= 15 is 0 Å². The molecule has 0 aliphatic carbocycles. The standard InChI is InChI=1S/C17H16O6S/c1-21-12-8-10(9-13(22-2)16(12)23-3)4-5-11(18)14-6-7-15(24-14)17(19)20/h4-9H,1-3H3,(H,19,20)/b5-4+. The van der Waals surface area contributed by atoms with E-state index in [1.165, 1.54) is 39.5 Å². The molecule has 0 saturated carbocycles. The Labute approximate surface area is 142 Å². The molecule has 0 atom stereocenters. The molecule has 0 saturated heterocycles. The quantitative estimate of drug-likeness (QED) is 0.610. The molecule has 1 N–H and O–H groups in total. The van der Waals surface area contributed by atoms with E-state index in [1.807, 2.05) is 0 Å². The van der Waals surface area contributed by atoms with Crippen molar-refractivity contribution in [1.82, 2.24) is 0 Å². The smallest absolute Gasteiger partial charge is 0.345 e. The number of methoxy groups -OCH3 is 3. The summed E-state index contributed by atoms with van der Waals surface area (Å²) in [5, 5.41) is 8.89. The van der Waals surface area contributed by atoms with Gasteiger partial charge in [0.2, 0.25) is 5.75 Å². The number of aromatic carboxylic acids is 1. The predicted molar refractivity (Wildman–Crippen MR) is 90.7 cm³/mol. The first-order valence-electron chi connectivity index (χ1n) is 6.85. The van der Waals surface area contributed by atoms with E-state index in [0.717, 1.165) is 11.3 Å². The Balaban J connectivity index is 2.27. The van der Waals surface area contributed by atoms with Gasteiger partial charge >= 0.3 is 5.97 Å². The van der Waals surface area contributed by atoms with E-state index in [9.17, 15) is 9.59 Å². The van der Waals surface area contributed by atoms with E-state index in [0.29, 0.717) is 27.7 Å². The zero-order valence-electron chi connectivity index (χ0n) is 13.4. The lowest BCUT2D eigenvalue weighted by molar-refractivity contribution is 0.0702. The number of ketones is 1. The molecule has 0 spiro atoms. The summed E-state index contributed by atoms with van der Waals surface area (Å²) in [6.45, 7) is 0. The molecular formula is C17H16O6S. The van der Waals surface area contributed by atoms with Gasteiger partial charge in [-0.3, -0.25) is 4.79 Å². The molecule has 7 heteroatoms. The Morgan fingerprint density at radius 1 is 1.00 bits per heavy atom. The van der Waals surface area contributed by atoms with Crippen LogP contribution in [-0.2, 0) is 0 Å². The summed E-state index contributed by atoms with van der Waals surface area (Å²) in [5.41, 5.74) is 0.688. The number of carboxylic acids is 1. The second kappa shape index (κ2) is 7.65. The van der Waals surface area contributed by atoms with E-state index in [1.54, 1.807) is 18.2 Å². The van der Waals surface area contributed by atoms with Gasteiger partial charge < -0.3 is 19.3 Å². The number of rotatable bonds is 7. The Kier molecular flexibility index (Phi) is 5.59. The highest BCUT2D eigenvalue weighted by molar-refractivity contribution is 7.16. The Morgan fingerprint density at radius 3 is 2.04 bits per heavy atom. The maximum atomic E-state index is 12.1. The van der Waals surface area contributed by atoms with E-state index in [2.05, 4.69) is 0 Å². The molecule has 24 heavy (non-hydrogen) atoms. The minimum atomic E-state index is -1.05. The fraction of sp³-hybridized carbons (Fsp3) is 0.176. The molecule has 0 amide bonds. The summed E-state index contributed by atoms with van der Waals surface area (Å²) in [6.07, 6.45) is 2.98. The van der Waals surface area contributed by atoms with Crippen molar-refractivity contribution in [1.29, 1.82) is 0 Å². The molecule has 2 aromatic rings. The highest BCUT2D eigenvalue weighted by Gasteiger charge is 2.13. The molecule has 1 aromatic carbocycles. The minimum absolute atomic E-state index is 0.125. The molecule has 6 nitrogen and oxygen atoms in total. The first kappa shape index (κ1) is 17.6. The highest BCUT2D eigenvalue weighted by atomic mass is 32.1. The van der Waals surface area contributed by atoms with Crippen molar-refractivity contribution in [2.24, 2.45) is 0 Å². The number of ether oxygens (including phenoxy) is 3. The van der Waals surface area contributed by atoms with Crippen molar-refractivity contribution in [3.8, 4) is 17.2 Å². The van der Waals surface area contributed by atoms with Crippen LogP contribution in [0.2, 0.25) is 0 Å². The molecule has 2 rings (SSSR count). The number of carbonyl (C=O) groups is 2. The summed E-state index contributed by atoms with van der Waals surface area (Å²) in [4.78, 5) is 23.5. The van der Waals surface area contributed by atoms with Crippen molar-refractivity contribution >= 4 is 29.2 Å². The van der Waals surface area contributed by atoms with Crippen molar-refractivity contribution in [2.75, 3.05) is 21.3 Å². The molecule has 1 aromatic heterocycles. The lowest BCUT2D eigenvalue weighted by Crippen LogP contribution is -1.96. The van der Waals surface area contributed by atoms with Crippen molar-refractivity contribution in [3.63, 3.8) is 0 Å². The summed E-state index contributed by atoms with van der Waals surface area (Å²) in [5.74, 6) is 0.100. The molecule has 0 fully saturated rings. The highest BCUT2D eigenvalue weighted by Crippen LogP contribution is 2.38. The topological polar surface area (TPSA) is 82.1 Å². The van der Waals surface area contributed by atoms with Gasteiger partial charge in [0, 0.05) is 0 Å². The van der Waals surface area contributed by atoms with Gasteiger partial charge in [-0.15, -0.1) is 11.3 Å². The van der Waals surface area contributed by atoms with Crippen LogP contribution >= 0.6 is 11.3 Å². The van der Waals surface area contributed by atoms with Crippen molar-refractivity contribution < 1.29 is 28.9 Å². The normalized spacial score (nSPS) is 10.6. The lowest BCUT2D eigenvalue weighted by atomic mass is 10.1. The average molecular weight is 348 g/mol. The van der Waals surface area contributed by atoms with Gasteiger partial charge in [0.05, 0.1) is 26.2 Å². The summed E-state index contributed by atoms with van der Waals surface area (Å²) in [7, 11) is 4.53. The number of carboxylic acid groups (broad SMARTS) is 1. The van der Waals surface area contributed by atoms with E-state index < -0.39 is 5.97 Å². The maximum absolute atomic E-state index is 12.1. The van der Waals surface area contributed by atoms with Crippen molar-refractivity contribution in [3.05, 3.63) is 45.7 Å². The van der Waals surface area contributed by atoms with Crippen LogP contribution in [0.3, 0.4) is 0 Å². The largest absolute Gasteiger partial charge is 0.493 e. The van der Waals surface area contributed by atoms with Crippen LogP contribution in [-0.4, -0.2) is 38.2 Å². The Bertz CT molecular complexity index is 765. The third kappa shape index (κ3) is 3.75. The fourth-order valence-electron chi connectivity index (χ4n) is 2.04. The zero-order chi connectivity index (χ0) is 17.7. The lowest BCUT2D eigenvalue weighted by Gasteiger charge is -2.12. The third-order valence-corrected chi connectivity index (χ3v) is 4.26. The molecular weight excluding hydrogens is 332 g/mol. The van der Waals surface area contributed by atoms with Crippen LogP contribution < -0.4 is 14.2 Å². The number of allylic oxidation sites excluding steroid dienone is 1. The van der Waals surface area contributed by atoms with E-state index in [4.69, 9.17) is 19.3 Å². The average Bonchev–Trinajstić information content (AvgIpc) is 3.09. The van der Waals surface area contributed by atoms with Crippen LogP contribution in [0.1, 0.15) is 24.9 Å². The SMILES string of the molecule is COc1cc(/C=C/C(=O)c2ccc(C(=O)O)s2)cc(OC)c1OC. The van der Waals surface area contributed by atoms with Gasteiger partial charge in [-0.1, -0.05) is 6.08 Å². The number of benzene rings is 1. The van der Waals surface area contributed by atoms with Gasteiger partial charge in [0.1, 0.15) is 4.88 Å². The first-order chi connectivity index (χ1) is 11.5. The molecule has 1 heterocycles. The van der Waals surface area contributed by atoms with Crippen LogP contribution in [0.25, 0.3) is 6.08 Å². The van der Waals surface area contributed by atoms with E-state index in [-0.39, 0.29) is 10.7 Å². The van der Waals surface area contributed by atoms with Gasteiger partial charge in [-0.25, -0.2) is 4.79 Å². The second-order valence-electron chi connectivity index (χ2n) is 4.63. The summed E-state index contributed by atoms with van der Waals surface area (Å²) >= 11 is 0.936. The molecule has 0 unspecified atom stereocenters. The first-order valence-corrected chi connectivity index (χ1v) is 7.67. The molecule has 0 aliphatic heterocycles. The summed E-state index contributed by atoms with van der Waals surface area (Å²) < 4.78 is 15.7. The fourth-order valence-corrected chi connectivity index (χ4v) is 2.80. The zero-order valence-corrected chi connectivity index (χ0v) is 14.2. The molecule has 0 aliphatic rings. The number of hydrogen-bond acceptors (Lipinski definition) is 6. The number of thiophene rings is 1. The minimum Gasteiger partial charge on any atom is -0.493 e. The van der Waals surface area contributed by atoms with Gasteiger partial charge in [0.25, 0.3) is 0 Å². The van der Waals surface area contributed by atoms with Gasteiger partial charge in [-0.2, -0.15) is 0 Å². The maximum Gasteiger partial charge on any atom is 0.345 e. The van der Waals surface area contributed by atoms with Crippen LogP contribution in [0, 0.1) is 0 Å². The second-order valence-corrected chi connectivity index (χ2v) is 5.71. The van der Waals surface area contributed by atoms with Crippen LogP contribution in [0.5, 0.6) is 17.2 Å². The third-order valence-electron chi connectivity index (χ3n) is 3.17. The van der Waals surface area contributed by atoms with Gasteiger partial charge in [0.15, 0.2) is 17.3 Å². The van der Waals surface area contributed by atoms with Crippen molar-refractivity contribution in [2.45, 2.75) is 0 Å². The van der Waals surface area contributed by atoms with Gasteiger partial charge in [-0.05, 0) is 35.9 Å². The summed E-state index contributed by atoms with van der Waals surface area (Å²) in [6, 6.07) is 6.33. The monoisotopic (exact) mass is 348 g/mol. The predicted octanol–water partition coefficient (Wildman–Crippen LogP) is 3.37. The number of carbonyl (C=O) groups excluding carboxylic acids is 1.